The predicted molar refractivity (Wildman–Crippen MR) is 20.9 cm³/mol. The zero-order valence-corrected chi connectivity index (χ0v) is 3.63. The van der Waals surface area contributed by atoms with Crippen LogP contribution >= 0.6 is 0 Å². The van der Waals surface area contributed by atoms with Crippen molar-refractivity contribution in [3.8, 4) is 0 Å². The van der Waals surface area contributed by atoms with Crippen LogP contribution < -0.4 is 0 Å². The zero-order chi connectivity index (χ0) is 5.41. The Morgan fingerprint density at radius 3 is 1.50 bits per heavy atom. The van der Waals surface area contributed by atoms with Crippen LogP contribution in [0.5, 0.6) is 0 Å². The van der Waals surface area contributed by atoms with E-state index in [2.05, 4.69) is 0 Å². The SMILES string of the molecule is CCO.O[CH]O. The molecule has 3 N–H and O–H groups in total. The zero-order valence-electron chi connectivity index (χ0n) is 3.63. The largest absolute Gasteiger partial charge is 0.397 e. The van der Waals surface area contributed by atoms with Crippen LogP contribution in [-0.2, 0) is 0 Å². The van der Waals surface area contributed by atoms with Crippen LogP contribution in [0.1, 0.15) is 6.92 Å². The van der Waals surface area contributed by atoms with Gasteiger partial charge >= 0.3 is 0 Å². The molecule has 39 valence electrons. The summed E-state index contributed by atoms with van der Waals surface area (Å²) in [6.07, 6.45) is 0. The molecule has 0 aromatic rings. The second-order valence-electron chi connectivity index (χ2n) is 0.432. The second kappa shape index (κ2) is 20.8. The van der Waals surface area contributed by atoms with E-state index in [1.165, 1.54) is 0 Å². The molecule has 3 heteroatoms. The van der Waals surface area contributed by atoms with Crippen LogP contribution in [0.2, 0.25) is 0 Å². The summed E-state index contributed by atoms with van der Waals surface area (Å²) in [5, 5.41) is 21.6. The molecule has 0 heterocycles. The molecule has 0 aliphatic carbocycles. The second-order valence-corrected chi connectivity index (χ2v) is 0.432. The molecule has 0 rings (SSSR count). The molecule has 0 amide bonds. The molecule has 3 nitrogen and oxygen atoms in total. The normalized spacial score (nSPS) is 6.00. The van der Waals surface area contributed by atoms with E-state index in [-0.39, 0.29) is 13.4 Å². The maximum atomic E-state index is 7.57. The van der Waals surface area contributed by atoms with Gasteiger partial charge in [0.15, 0.2) is 0 Å². The van der Waals surface area contributed by atoms with E-state index in [9.17, 15) is 0 Å². The lowest BCUT2D eigenvalue weighted by atomic mass is 10.9. The Balaban J connectivity index is 0. The van der Waals surface area contributed by atoms with Crippen LogP contribution in [0.3, 0.4) is 0 Å². The molecule has 0 saturated heterocycles. The number of aliphatic hydroxyl groups excluding tert-OH is 2. The number of rotatable bonds is 0. The third kappa shape index (κ3) is 2230. The molecular weight excluding hydrogens is 84.0 g/mol. The van der Waals surface area contributed by atoms with Crippen molar-refractivity contribution in [1.82, 2.24) is 0 Å². The van der Waals surface area contributed by atoms with Crippen LogP contribution in [-0.4, -0.2) is 21.9 Å². The van der Waals surface area contributed by atoms with E-state index in [1.807, 2.05) is 0 Å². The van der Waals surface area contributed by atoms with Crippen molar-refractivity contribution in [2.75, 3.05) is 6.61 Å². The fourth-order valence-corrected chi connectivity index (χ4v) is 0. The van der Waals surface area contributed by atoms with E-state index in [1.54, 1.807) is 6.92 Å². The quantitative estimate of drug-likeness (QED) is 0.390. The van der Waals surface area contributed by atoms with Crippen LogP contribution in [0.15, 0.2) is 0 Å². The Morgan fingerprint density at radius 1 is 1.50 bits per heavy atom. The summed E-state index contributed by atoms with van der Waals surface area (Å²) in [7, 11) is 0. The standard InChI is InChI=1S/C2H6O.CH3O2/c1-2-3;2-1-3/h3H,2H2,1H3;1-3H. The molecule has 6 heavy (non-hydrogen) atoms. The van der Waals surface area contributed by atoms with Crippen molar-refractivity contribution in [2.24, 2.45) is 0 Å². The van der Waals surface area contributed by atoms with Crippen molar-refractivity contribution in [2.45, 2.75) is 6.92 Å². The maximum absolute atomic E-state index is 7.57. The Hall–Kier alpha value is -0.120. The predicted octanol–water partition coefficient (Wildman–Crippen LogP) is -0.151. The van der Waals surface area contributed by atoms with Gasteiger partial charge in [0.25, 0.3) is 0 Å². The van der Waals surface area contributed by atoms with E-state index in [4.69, 9.17) is 15.3 Å². The van der Waals surface area contributed by atoms with Gasteiger partial charge in [-0.2, -0.15) is 0 Å². The highest BCUT2D eigenvalue weighted by Gasteiger charge is 1.36. The fraction of sp³-hybridized carbons (Fsp3) is 0.667. The first-order chi connectivity index (χ1) is 2.83. The van der Waals surface area contributed by atoms with Crippen LogP contribution in [0.4, 0.5) is 0 Å². The average Bonchev–Trinajstić information content (AvgIpc) is 1.39. The highest BCUT2D eigenvalue weighted by Crippen LogP contribution is 1.32. The molecule has 0 atom stereocenters. The number of hydrogen-bond donors (Lipinski definition) is 3. The van der Waals surface area contributed by atoms with Gasteiger partial charge in [-0.25, -0.2) is 0 Å². The molecule has 0 fully saturated rings. The highest BCUT2D eigenvalue weighted by atomic mass is 16.5. The summed E-state index contributed by atoms with van der Waals surface area (Å²) in [4.78, 5) is 0. The third-order valence-corrected chi connectivity index (χ3v) is 0. The molecule has 1 radical (unpaired) electrons. The van der Waals surface area contributed by atoms with Gasteiger partial charge in [0, 0.05) is 6.61 Å². The molecule has 0 saturated carbocycles. The van der Waals surface area contributed by atoms with Gasteiger partial charge in [0.2, 0.25) is 6.79 Å². The minimum atomic E-state index is 0. The Morgan fingerprint density at radius 2 is 1.50 bits per heavy atom. The molecule has 0 unspecified atom stereocenters. The van der Waals surface area contributed by atoms with E-state index in [0.717, 1.165) is 0 Å². The van der Waals surface area contributed by atoms with Gasteiger partial charge in [0.1, 0.15) is 0 Å². The van der Waals surface area contributed by atoms with Crippen molar-refractivity contribution in [1.29, 1.82) is 0 Å². The van der Waals surface area contributed by atoms with Crippen molar-refractivity contribution in [3.63, 3.8) is 0 Å². The lowest BCUT2D eigenvalue weighted by molar-refractivity contribution is 0.173. The minimum absolute atomic E-state index is 0. The van der Waals surface area contributed by atoms with Crippen LogP contribution in [0, 0.1) is 6.79 Å². The Bertz CT molecular complexity index is 8.00. The summed E-state index contributed by atoms with van der Waals surface area (Å²) >= 11 is 0. The summed E-state index contributed by atoms with van der Waals surface area (Å²) in [6, 6.07) is 0. The van der Waals surface area contributed by atoms with Gasteiger partial charge < -0.3 is 15.3 Å². The molecule has 0 aliphatic rings. The van der Waals surface area contributed by atoms with Crippen molar-refractivity contribution in [3.05, 3.63) is 6.79 Å². The average molecular weight is 93.1 g/mol. The third-order valence-electron chi connectivity index (χ3n) is 0. The number of hydrogen-bond acceptors (Lipinski definition) is 3. The summed E-state index contributed by atoms with van der Waals surface area (Å²) < 4.78 is 0. The number of aliphatic hydroxyl groups is 3. The fourth-order valence-electron chi connectivity index (χ4n) is 0. The first kappa shape index (κ1) is 9.30. The van der Waals surface area contributed by atoms with Gasteiger partial charge in [-0.3, -0.25) is 0 Å². The van der Waals surface area contributed by atoms with Gasteiger partial charge in [-0.1, -0.05) is 0 Å². The Kier molecular flexibility index (Phi) is 32.2. The maximum Gasteiger partial charge on any atom is 0.204 e. The highest BCUT2D eigenvalue weighted by molar-refractivity contribution is 3.89. The summed E-state index contributed by atoms with van der Waals surface area (Å²) in [5.74, 6) is 0. The molecular formula is C3H9O3. The molecule has 0 bridgehead atoms. The van der Waals surface area contributed by atoms with Crippen molar-refractivity contribution < 1.29 is 15.3 Å². The van der Waals surface area contributed by atoms with Gasteiger partial charge in [-0.15, -0.1) is 0 Å². The molecule has 0 spiro atoms. The summed E-state index contributed by atoms with van der Waals surface area (Å²) in [6.45, 7) is 1.93. The van der Waals surface area contributed by atoms with Gasteiger partial charge in [-0.05, 0) is 6.92 Å². The van der Waals surface area contributed by atoms with Gasteiger partial charge in [0.05, 0.1) is 0 Å². The topological polar surface area (TPSA) is 60.7 Å². The van der Waals surface area contributed by atoms with Crippen LogP contribution in [0.25, 0.3) is 0 Å². The molecule has 0 aromatic heterocycles. The van der Waals surface area contributed by atoms with E-state index in [0.29, 0.717) is 0 Å². The first-order valence-electron chi connectivity index (χ1n) is 1.54. The monoisotopic (exact) mass is 93.1 g/mol. The smallest absolute Gasteiger partial charge is 0.204 e. The molecule has 0 aliphatic heterocycles. The lowest BCUT2D eigenvalue weighted by Gasteiger charge is -1.52. The summed E-state index contributed by atoms with van der Waals surface area (Å²) in [5.41, 5.74) is 0. The van der Waals surface area contributed by atoms with E-state index < -0.39 is 0 Å². The molecule has 0 aromatic carbocycles. The minimum Gasteiger partial charge on any atom is -0.397 e. The lowest BCUT2D eigenvalue weighted by Crippen LogP contribution is -1.57. The first-order valence-corrected chi connectivity index (χ1v) is 1.54. The van der Waals surface area contributed by atoms with Crippen molar-refractivity contribution >= 4 is 0 Å². The van der Waals surface area contributed by atoms with E-state index >= 15 is 0 Å². The Labute approximate surface area is 36.9 Å².